The molecule has 0 unspecified atom stereocenters. The van der Waals surface area contributed by atoms with Crippen LogP contribution in [0.1, 0.15) is 19.4 Å². The van der Waals surface area contributed by atoms with Crippen molar-refractivity contribution in [1.29, 1.82) is 0 Å². The first-order chi connectivity index (χ1) is 11.0. The summed E-state index contributed by atoms with van der Waals surface area (Å²) in [5.74, 6) is -0.0205. The molecule has 1 N–H and O–H groups in total. The molecule has 1 fully saturated rings. The third-order valence-electron chi connectivity index (χ3n) is 4.33. The maximum Gasteiger partial charge on any atom is 0.224 e. The number of carbonyl (C=O) groups is 1. The Hall–Kier alpha value is -1.43. The van der Waals surface area contributed by atoms with Gasteiger partial charge in [0.25, 0.3) is 0 Å². The van der Waals surface area contributed by atoms with E-state index in [1.165, 1.54) is 0 Å². The van der Waals surface area contributed by atoms with Crippen LogP contribution >= 0.6 is 0 Å². The third-order valence-corrected chi connectivity index (χ3v) is 4.33. The zero-order valence-corrected chi connectivity index (χ0v) is 14.4. The Morgan fingerprint density at radius 1 is 1.35 bits per heavy atom. The van der Waals surface area contributed by atoms with Gasteiger partial charge in [0.15, 0.2) is 0 Å². The molecule has 2 rings (SSSR count). The van der Waals surface area contributed by atoms with Gasteiger partial charge in [0.05, 0.1) is 25.4 Å². The number of rotatable bonds is 7. The lowest BCUT2D eigenvalue weighted by molar-refractivity contribution is -0.128. The van der Waals surface area contributed by atoms with Gasteiger partial charge in [-0.05, 0) is 12.5 Å². The summed E-state index contributed by atoms with van der Waals surface area (Å²) in [5, 5.41) is 3.18. The highest BCUT2D eigenvalue weighted by Crippen LogP contribution is 2.21. The highest BCUT2D eigenvalue weighted by atomic mass is 16.5. The zero-order valence-electron chi connectivity index (χ0n) is 14.4. The van der Waals surface area contributed by atoms with E-state index in [2.05, 4.69) is 10.2 Å². The second-order valence-electron chi connectivity index (χ2n) is 6.43. The number of hydrogen-bond donors (Lipinski definition) is 1. The molecule has 1 saturated heterocycles. The SMILES string of the molecule is COC[C@@](C)(NC(=O)[C@H](C)CN1CCOCC1)c1ccccc1. The van der Waals surface area contributed by atoms with E-state index in [9.17, 15) is 4.79 Å². The van der Waals surface area contributed by atoms with Crippen LogP contribution in [0.5, 0.6) is 0 Å². The highest BCUT2D eigenvalue weighted by molar-refractivity contribution is 5.79. The van der Waals surface area contributed by atoms with Crippen LogP contribution < -0.4 is 5.32 Å². The predicted octanol–water partition coefficient (Wildman–Crippen LogP) is 1.63. The van der Waals surface area contributed by atoms with Gasteiger partial charge < -0.3 is 14.8 Å². The number of ether oxygens (including phenoxy) is 2. The summed E-state index contributed by atoms with van der Waals surface area (Å²) < 4.78 is 10.7. The molecule has 0 aliphatic carbocycles. The van der Waals surface area contributed by atoms with E-state index >= 15 is 0 Å². The number of nitrogens with one attached hydrogen (secondary N) is 1. The summed E-state index contributed by atoms with van der Waals surface area (Å²) >= 11 is 0. The minimum absolute atomic E-state index is 0.0555. The first-order valence-electron chi connectivity index (χ1n) is 8.22. The molecular formula is C18H28N2O3. The van der Waals surface area contributed by atoms with E-state index in [0.717, 1.165) is 38.4 Å². The molecule has 1 aliphatic rings. The van der Waals surface area contributed by atoms with Crippen LogP contribution in [0.4, 0.5) is 0 Å². The average Bonchev–Trinajstić information content (AvgIpc) is 2.56. The standard InChI is InChI=1S/C18H28N2O3/c1-15(13-20-9-11-23-12-10-20)17(21)19-18(2,14-22-3)16-7-5-4-6-8-16/h4-8,15H,9-14H2,1-3H3,(H,19,21)/t15-,18-/m1/s1. The first-order valence-corrected chi connectivity index (χ1v) is 8.22. The molecule has 1 aliphatic heterocycles. The van der Waals surface area contributed by atoms with E-state index in [0.29, 0.717) is 6.61 Å². The number of hydrogen-bond acceptors (Lipinski definition) is 4. The molecule has 2 atom stereocenters. The fourth-order valence-electron chi connectivity index (χ4n) is 2.94. The van der Waals surface area contributed by atoms with Crippen molar-refractivity contribution in [2.45, 2.75) is 19.4 Å². The number of morpholine rings is 1. The topological polar surface area (TPSA) is 50.8 Å². The van der Waals surface area contributed by atoms with Gasteiger partial charge in [0.1, 0.15) is 0 Å². The summed E-state index contributed by atoms with van der Waals surface area (Å²) in [5.41, 5.74) is 0.528. The summed E-state index contributed by atoms with van der Waals surface area (Å²) in [6, 6.07) is 9.97. The van der Waals surface area contributed by atoms with Crippen LogP contribution in [-0.2, 0) is 19.8 Å². The minimum atomic E-state index is -0.521. The van der Waals surface area contributed by atoms with Crippen LogP contribution in [0.3, 0.4) is 0 Å². The smallest absolute Gasteiger partial charge is 0.224 e. The average molecular weight is 320 g/mol. The lowest BCUT2D eigenvalue weighted by atomic mass is 9.92. The molecule has 1 heterocycles. The van der Waals surface area contributed by atoms with Gasteiger partial charge in [-0.3, -0.25) is 9.69 Å². The maximum atomic E-state index is 12.7. The quantitative estimate of drug-likeness (QED) is 0.830. The van der Waals surface area contributed by atoms with Crippen LogP contribution in [0.15, 0.2) is 30.3 Å². The van der Waals surface area contributed by atoms with Gasteiger partial charge in [-0.25, -0.2) is 0 Å². The minimum Gasteiger partial charge on any atom is -0.382 e. The second kappa shape index (κ2) is 8.43. The molecule has 5 nitrogen and oxygen atoms in total. The fourth-order valence-corrected chi connectivity index (χ4v) is 2.94. The summed E-state index contributed by atoms with van der Waals surface area (Å²) in [7, 11) is 1.66. The predicted molar refractivity (Wildman–Crippen MR) is 90.2 cm³/mol. The van der Waals surface area contributed by atoms with E-state index in [1.807, 2.05) is 44.2 Å². The van der Waals surface area contributed by atoms with Crippen molar-refractivity contribution in [1.82, 2.24) is 10.2 Å². The monoisotopic (exact) mass is 320 g/mol. The Kier molecular flexibility index (Phi) is 6.57. The van der Waals surface area contributed by atoms with Gasteiger partial charge in [-0.2, -0.15) is 0 Å². The van der Waals surface area contributed by atoms with Crippen molar-refractivity contribution in [3.05, 3.63) is 35.9 Å². The van der Waals surface area contributed by atoms with Crippen LogP contribution in [0, 0.1) is 5.92 Å². The number of nitrogens with zero attached hydrogens (tertiary/aromatic N) is 1. The number of carbonyl (C=O) groups excluding carboxylic acids is 1. The van der Waals surface area contributed by atoms with E-state index in [1.54, 1.807) is 7.11 Å². The van der Waals surface area contributed by atoms with Crippen LogP contribution in [0.2, 0.25) is 0 Å². The van der Waals surface area contributed by atoms with Gasteiger partial charge in [0, 0.05) is 32.7 Å². The maximum absolute atomic E-state index is 12.7. The third kappa shape index (κ3) is 5.03. The Labute approximate surface area is 139 Å². The molecule has 0 radical (unpaired) electrons. The van der Waals surface area contributed by atoms with Crippen LogP contribution in [0.25, 0.3) is 0 Å². The molecule has 0 saturated carbocycles. The van der Waals surface area contributed by atoms with Gasteiger partial charge in [0.2, 0.25) is 5.91 Å². The molecule has 0 aromatic heterocycles. The molecule has 0 spiro atoms. The number of amides is 1. The molecule has 1 amide bonds. The lowest BCUT2D eigenvalue weighted by Crippen LogP contribution is -2.50. The normalized spacial score (nSPS) is 19.8. The van der Waals surface area contributed by atoms with Gasteiger partial charge in [-0.15, -0.1) is 0 Å². The Morgan fingerprint density at radius 3 is 2.61 bits per heavy atom. The molecule has 128 valence electrons. The highest BCUT2D eigenvalue weighted by Gasteiger charge is 2.30. The Bertz CT molecular complexity index is 488. The summed E-state index contributed by atoms with van der Waals surface area (Å²) in [4.78, 5) is 14.9. The van der Waals surface area contributed by atoms with Crippen molar-refractivity contribution in [2.24, 2.45) is 5.92 Å². The van der Waals surface area contributed by atoms with Crippen LogP contribution in [-0.4, -0.2) is 57.4 Å². The molecule has 1 aromatic rings. The molecule has 0 bridgehead atoms. The van der Waals surface area contributed by atoms with E-state index < -0.39 is 5.54 Å². The van der Waals surface area contributed by atoms with Crippen molar-refractivity contribution >= 4 is 5.91 Å². The first kappa shape index (κ1) is 17.9. The summed E-state index contributed by atoms with van der Waals surface area (Å²) in [6.07, 6.45) is 0. The Morgan fingerprint density at radius 2 is 2.00 bits per heavy atom. The molecule has 23 heavy (non-hydrogen) atoms. The molecule has 1 aromatic carbocycles. The van der Waals surface area contributed by atoms with E-state index in [-0.39, 0.29) is 11.8 Å². The largest absolute Gasteiger partial charge is 0.382 e. The van der Waals surface area contributed by atoms with Crippen molar-refractivity contribution in [3.63, 3.8) is 0 Å². The van der Waals surface area contributed by atoms with Crippen molar-refractivity contribution in [2.75, 3.05) is 46.6 Å². The Balaban J connectivity index is 1.99. The van der Waals surface area contributed by atoms with Gasteiger partial charge >= 0.3 is 0 Å². The molecule has 5 heteroatoms. The van der Waals surface area contributed by atoms with Crippen molar-refractivity contribution in [3.8, 4) is 0 Å². The van der Waals surface area contributed by atoms with Crippen molar-refractivity contribution < 1.29 is 14.3 Å². The van der Waals surface area contributed by atoms with Gasteiger partial charge in [-0.1, -0.05) is 37.3 Å². The zero-order chi connectivity index (χ0) is 16.7. The second-order valence-corrected chi connectivity index (χ2v) is 6.43. The molecular weight excluding hydrogens is 292 g/mol. The summed E-state index contributed by atoms with van der Waals surface area (Å²) in [6.45, 7) is 8.46. The number of methoxy groups -OCH3 is 1. The lowest BCUT2D eigenvalue weighted by Gasteiger charge is -2.33. The van der Waals surface area contributed by atoms with E-state index in [4.69, 9.17) is 9.47 Å². The number of benzene rings is 1. The fraction of sp³-hybridized carbons (Fsp3) is 0.611.